The minimum atomic E-state index is -0.107. The zero-order valence-corrected chi connectivity index (χ0v) is 14.0. The summed E-state index contributed by atoms with van der Waals surface area (Å²) < 4.78 is 0. The number of carbonyl (C=O) groups is 1. The first-order chi connectivity index (χ1) is 11.1. The number of thioether (sulfide) groups is 1. The molecule has 1 heterocycles. The van der Waals surface area contributed by atoms with Crippen LogP contribution in [0, 0.1) is 6.92 Å². The lowest BCUT2D eigenvalue weighted by Gasteiger charge is -2.07. The molecule has 4 nitrogen and oxygen atoms in total. The van der Waals surface area contributed by atoms with Crippen LogP contribution in [0.5, 0.6) is 0 Å². The number of hydrogen-bond donors (Lipinski definition) is 1. The Morgan fingerprint density at radius 3 is 2.91 bits per heavy atom. The average molecular weight is 344 g/mol. The highest BCUT2D eigenvalue weighted by atomic mass is 35.5. The van der Waals surface area contributed by atoms with Gasteiger partial charge in [0.25, 0.3) is 0 Å². The SMILES string of the molecule is Cc1ccc(NC(=O)CSc2nncc3ccccc23)cc1Cl. The highest BCUT2D eigenvalue weighted by Gasteiger charge is 2.08. The number of aryl methyl sites for hydroxylation is 1. The molecule has 6 heteroatoms. The van der Waals surface area contributed by atoms with Gasteiger partial charge in [-0.25, -0.2) is 0 Å². The molecule has 0 saturated carbocycles. The van der Waals surface area contributed by atoms with E-state index in [9.17, 15) is 4.79 Å². The Kier molecular flexibility index (Phi) is 4.79. The van der Waals surface area contributed by atoms with Crippen LogP contribution < -0.4 is 5.32 Å². The van der Waals surface area contributed by atoms with E-state index in [4.69, 9.17) is 11.6 Å². The fourth-order valence-corrected chi connectivity index (χ4v) is 3.08. The van der Waals surface area contributed by atoms with E-state index in [0.717, 1.165) is 21.4 Å². The van der Waals surface area contributed by atoms with E-state index in [2.05, 4.69) is 15.5 Å². The van der Waals surface area contributed by atoms with Crippen molar-refractivity contribution in [1.29, 1.82) is 0 Å². The van der Waals surface area contributed by atoms with Gasteiger partial charge < -0.3 is 5.32 Å². The lowest BCUT2D eigenvalue weighted by Crippen LogP contribution is -2.14. The van der Waals surface area contributed by atoms with Crippen LogP contribution in [0.1, 0.15) is 5.56 Å². The minimum absolute atomic E-state index is 0.107. The summed E-state index contributed by atoms with van der Waals surface area (Å²) in [5.41, 5.74) is 1.67. The van der Waals surface area contributed by atoms with Crippen LogP contribution in [0.3, 0.4) is 0 Å². The van der Waals surface area contributed by atoms with Crippen LogP contribution >= 0.6 is 23.4 Å². The number of hydrogen-bond acceptors (Lipinski definition) is 4. The first-order valence-electron chi connectivity index (χ1n) is 7.03. The second-order valence-corrected chi connectivity index (χ2v) is 6.41. The van der Waals surface area contributed by atoms with Crippen molar-refractivity contribution in [3.8, 4) is 0 Å². The molecule has 1 N–H and O–H groups in total. The van der Waals surface area contributed by atoms with Crippen molar-refractivity contribution in [2.24, 2.45) is 0 Å². The van der Waals surface area contributed by atoms with Crippen LogP contribution in [0.15, 0.2) is 53.7 Å². The van der Waals surface area contributed by atoms with Crippen LogP contribution in [-0.2, 0) is 4.79 Å². The van der Waals surface area contributed by atoms with E-state index in [1.807, 2.05) is 43.3 Å². The molecule has 0 atom stereocenters. The van der Waals surface area contributed by atoms with E-state index < -0.39 is 0 Å². The molecular formula is C17H14ClN3OS. The quantitative estimate of drug-likeness (QED) is 0.717. The molecule has 1 aromatic heterocycles. The molecule has 0 aliphatic heterocycles. The number of fused-ring (bicyclic) bond motifs is 1. The Morgan fingerprint density at radius 1 is 1.26 bits per heavy atom. The summed E-state index contributed by atoms with van der Waals surface area (Å²) in [6.07, 6.45) is 1.72. The summed E-state index contributed by atoms with van der Waals surface area (Å²) in [6, 6.07) is 13.3. The highest BCUT2D eigenvalue weighted by molar-refractivity contribution is 8.00. The van der Waals surface area contributed by atoms with Gasteiger partial charge in [-0.3, -0.25) is 4.79 Å². The highest BCUT2D eigenvalue weighted by Crippen LogP contribution is 2.25. The van der Waals surface area contributed by atoms with Gasteiger partial charge in [-0.2, -0.15) is 5.10 Å². The summed E-state index contributed by atoms with van der Waals surface area (Å²) >= 11 is 7.43. The molecule has 3 rings (SSSR count). The van der Waals surface area contributed by atoms with Crippen LogP contribution in [0.25, 0.3) is 10.8 Å². The monoisotopic (exact) mass is 343 g/mol. The van der Waals surface area contributed by atoms with E-state index in [1.54, 1.807) is 12.3 Å². The minimum Gasteiger partial charge on any atom is -0.325 e. The van der Waals surface area contributed by atoms with Gasteiger partial charge in [0.15, 0.2) is 0 Å². The second-order valence-electron chi connectivity index (χ2n) is 5.04. The van der Waals surface area contributed by atoms with Crippen LogP contribution in [-0.4, -0.2) is 21.9 Å². The summed E-state index contributed by atoms with van der Waals surface area (Å²) in [6.45, 7) is 1.92. The van der Waals surface area contributed by atoms with Gasteiger partial charge in [0.1, 0.15) is 5.03 Å². The van der Waals surface area contributed by atoms with Gasteiger partial charge >= 0.3 is 0 Å². The topological polar surface area (TPSA) is 54.9 Å². The molecule has 0 aliphatic carbocycles. The van der Waals surface area contributed by atoms with Crippen molar-refractivity contribution < 1.29 is 4.79 Å². The Balaban J connectivity index is 1.67. The lowest BCUT2D eigenvalue weighted by atomic mass is 10.2. The molecule has 0 aliphatic rings. The molecule has 116 valence electrons. The van der Waals surface area contributed by atoms with E-state index in [1.165, 1.54) is 11.8 Å². The van der Waals surface area contributed by atoms with Gasteiger partial charge in [0.05, 0.1) is 11.9 Å². The standard InChI is InChI=1S/C17H14ClN3OS/c1-11-6-7-13(8-15(11)18)20-16(22)10-23-17-14-5-3-2-4-12(14)9-19-21-17/h2-9H,10H2,1H3,(H,20,22). The van der Waals surface area contributed by atoms with Crippen molar-refractivity contribution in [3.63, 3.8) is 0 Å². The molecule has 0 fully saturated rings. The first-order valence-corrected chi connectivity index (χ1v) is 8.39. The van der Waals surface area contributed by atoms with Crippen LogP contribution in [0.4, 0.5) is 5.69 Å². The fourth-order valence-electron chi connectivity index (χ4n) is 2.11. The third-order valence-corrected chi connectivity index (χ3v) is 4.72. The summed E-state index contributed by atoms with van der Waals surface area (Å²) in [7, 11) is 0. The van der Waals surface area contributed by atoms with Crippen molar-refractivity contribution in [2.45, 2.75) is 11.9 Å². The molecule has 23 heavy (non-hydrogen) atoms. The molecule has 0 bridgehead atoms. The molecule has 1 amide bonds. The Morgan fingerprint density at radius 2 is 2.09 bits per heavy atom. The number of carbonyl (C=O) groups excluding carboxylic acids is 1. The maximum atomic E-state index is 12.1. The average Bonchev–Trinajstić information content (AvgIpc) is 2.56. The van der Waals surface area contributed by atoms with Gasteiger partial charge in [-0.15, -0.1) is 5.10 Å². The number of amides is 1. The third kappa shape index (κ3) is 3.81. The van der Waals surface area contributed by atoms with E-state index in [0.29, 0.717) is 10.7 Å². The first kappa shape index (κ1) is 15.8. The van der Waals surface area contributed by atoms with E-state index >= 15 is 0 Å². The summed E-state index contributed by atoms with van der Waals surface area (Å²) in [5, 5.41) is 14.3. The summed E-state index contributed by atoms with van der Waals surface area (Å²) in [5.74, 6) is 0.151. The van der Waals surface area contributed by atoms with Gasteiger partial charge in [-0.05, 0) is 24.6 Å². The Labute approximate surface area is 143 Å². The second kappa shape index (κ2) is 6.98. The fraction of sp³-hybridized carbons (Fsp3) is 0.118. The number of halogens is 1. The van der Waals surface area contributed by atoms with Crippen molar-refractivity contribution in [3.05, 3.63) is 59.2 Å². The molecule has 3 aromatic rings. The zero-order valence-electron chi connectivity index (χ0n) is 12.4. The van der Waals surface area contributed by atoms with Gasteiger partial charge in [0, 0.05) is 21.5 Å². The molecule has 2 aromatic carbocycles. The molecule has 0 saturated heterocycles. The molecule has 0 radical (unpaired) electrons. The van der Waals surface area contributed by atoms with Crippen molar-refractivity contribution in [2.75, 3.05) is 11.1 Å². The number of nitrogens with zero attached hydrogens (tertiary/aromatic N) is 2. The largest absolute Gasteiger partial charge is 0.325 e. The van der Waals surface area contributed by atoms with Gasteiger partial charge in [0.2, 0.25) is 5.91 Å². The molecular weight excluding hydrogens is 330 g/mol. The predicted molar refractivity (Wildman–Crippen MR) is 95.1 cm³/mol. The van der Waals surface area contributed by atoms with Gasteiger partial charge in [-0.1, -0.05) is 53.7 Å². The smallest absolute Gasteiger partial charge is 0.234 e. The predicted octanol–water partition coefficient (Wildman–Crippen LogP) is 4.32. The van der Waals surface area contributed by atoms with E-state index in [-0.39, 0.29) is 11.7 Å². The Bertz CT molecular complexity index is 864. The molecule has 0 spiro atoms. The maximum Gasteiger partial charge on any atom is 0.234 e. The number of aromatic nitrogens is 2. The number of benzene rings is 2. The van der Waals surface area contributed by atoms with Crippen LogP contribution in [0.2, 0.25) is 5.02 Å². The molecule has 0 unspecified atom stereocenters. The summed E-state index contributed by atoms with van der Waals surface area (Å²) in [4.78, 5) is 12.1. The Hall–Kier alpha value is -2.11. The number of anilines is 1. The van der Waals surface area contributed by atoms with Crippen molar-refractivity contribution in [1.82, 2.24) is 10.2 Å². The third-order valence-electron chi connectivity index (χ3n) is 3.33. The normalized spacial score (nSPS) is 10.7. The maximum absolute atomic E-state index is 12.1. The lowest BCUT2D eigenvalue weighted by molar-refractivity contribution is -0.113. The zero-order chi connectivity index (χ0) is 16.2. The number of rotatable bonds is 4. The number of nitrogens with one attached hydrogen (secondary N) is 1. The van der Waals surface area contributed by atoms with Crippen molar-refractivity contribution >= 4 is 45.7 Å².